The molecule has 0 heterocycles. The van der Waals surface area contributed by atoms with Gasteiger partial charge in [-0.2, -0.15) is 0 Å². The van der Waals surface area contributed by atoms with Crippen LogP contribution in [0.3, 0.4) is 0 Å². The van der Waals surface area contributed by atoms with E-state index in [0.717, 1.165) is 3.39 Å². The Kier molecular flexibility index (Phi) is 5.03. The van der Waals surface area contributed by atoms with Crippen molar-refractivity contribution in [3.8, 4) is 0 Å². The lowest BCUT2D eigenvalue weighted by molar-refractivity contribution is 0.237. The fourth-order valence-electron chi connectivity index (χ4n) is 2.45. The summed E-state index contributed by atoms with van der Waals surface area (Å²) in [6.45, 7) is 2.28. The Morgan fingerprint density at radius 2 is 1.85 bits per heavy atom. The van der Waals surface area contributed by atoms with Gasteiger partial charge < -0.3 is 0 Å². The number of hydrogen-bond acceptors (Lipinski definition) is 0. The normalized spacial score (nSPS) is 21.2. The summed E-state index contributed by atoms with van der Waals surface area (Å²) in [4.78, 5) is 0. The number of halogens is 2. The van der Waals surface area contributed by atoms with Crippen LogP contribution in [-0.2, 0) is 0 Å². The molecule has 1 aliphatic carbocycles. The zero-order valence-electron chi connectivity index (χ0n) is 8.28. The van der Waals surface area contributed by atoms with E-state index in [9.17, 15) is 0 Å². The molecule has 0 N–H and O–H groups in total. The third kappa shape index (κ3) is 3.75. The first-order valence-corrected chi connectivity index (χ1v) is 6.81. The number of hydrogen-bond donors (Lipinski definition) is 0. The second-order valence-corrected chi connectivity index (χ2v) is 6.88. The van der Waals surface area contributed by atoms with Crippen molar-refractivity contribution in [3.63, 3.8) is 0 Å². The van der Waals surface area contributed by atoms with Crippen LogP contribution in [0.4, 0.5) is 0 Å². The summed E-state index contributed by atoms with van der Waals surface area (Å²) in [7, 11) is 0. The van der Waals surface area contributed by atoms with E-state index < -0.39 is 0 Å². The van der Waals surface area contributed by atoms with Crippen molar-refractivity contribution in [2.75, 3.05) is 0 Å². The fraction of sp³-hybridized carbons (Fsp3) is 0.818. The Bertz CT molecular complexity index is 169. The van der Waals surface area contributed by atoms with Crippen molar-refractivity contribution in [2.24, 2.45) is 5.41 Å². The molecule has 1 saturated carbocycles. The molecule has 0 nitrogen and oxygen atoms in total. The molecule has 1 aliphatic rings. The molecular weight excluding hydrogens is 292 g/mol. The third-order valence-corrected chi connectivity index (χ3v) is 3.47. The minimum Gasteiger partial charge on any atom is -0.0654 e. The highest BCUT2D eigenvalue weighted by Gasteiger charge is 2.28. The highest BCUT2D eigenvalue weighted by atomic mass is 79.9. The van der Waals surface area contributed by atoms with Gasteiger partial charge in [0.25, 0.3) is 0 Å². The molecule has 1 rings (SSSR count). The van der Waals surface area contributed by atoms with Crippen molar-refractivity contribution in [3.05, 3.63) is 9.47 Å². The molecule has 0 saturated heterocycles. The highest BCUT2D eigenvalue weighted by molar-refractivity contribution is 9.28. The topological polar surface area (TPSA) is 0 Å². The Labute approximate surface area is 98.4 Å². The number of rotatable bonds is 3. The molecular formula is C11H18Br2. The summed E-state index contributed by atoms with van der Waals surface area (Å²) in [6, 6.07) is 0. The standard InChI is InChI=1S/C11H18Br2/c1-2-6-11(9-10(12)13)7-4-3-5-8-11/h9H,2-8H2,1H3. The fourth-order valence-corrected chi connectivity index (χ4v) is 3.42. The molecule has 0 atom stereocenters. The second-order valence-electron chi connectivity index (χ2n) is 4.11. The van der Waals surface area contributed by atoms with Gasteiger partial charge in [-0.25, -0.2) is 0 Å². The van der Waals surface area contributed by atoms with Gasteiger partial charge >= 0.3 is 0 Å². The maximum absolute atomic E-state index is 3.49. The minimum absolute atomic E-state index is 0.495. The first-order chi connectivity index (χ1) is 6.18. The average molecular weight is 310 g/mol. The Hall–Kier alpha value is 0.700. The molecule has 2 heteroatoms. The summed E-state index contributed by atoms with van der Waals surface area (Å²) < 4.78 is 1.13. The molecule has 0 aromatic carbocycles. The zero-order chi connectivity index (χ0) is 9.73. The van der Waals surface area contributed by atoms with E-state index in [1.54, 1.807) is 0 Å². The first kappa shape index (κ1) is 11.8. The van der Waals surface area contributed by atoms with Gasteiger partial charge in [0.2, 0.25) is 0 Å². The Balaban J connectivity index is 2.67. The van der Waals surface area contributed by atoms with Gasteiger partial charge in [-0.1, -0.05) is 38.7 Å². The molecule has 0 unspecified atom stereocenters. The SMILES string of the molecule is CCCC1(C=C(Br)Br)CCCCC1. The quantitative estimate of drug-likeness (QED) is 0.657. The smallest absolute Gasteiger partial charge is 0.0569 e. The van der Waals surface area contributed by atoms with Crippen LogP contribution >= 0.6 is 31.9 Å². The van der Waals surface area contributed by atoms with Crippen molar-refractivity contribution in [2.45, 2.75) is 51.9 Å². The van der Waals surface area contributed by atoms with Gasteiger partial charge in [0.15, 0.2) is 0 Å². The van der Waals surface area contributed by atoms with E-state index in [1.807, 2.05) is 0 Å². The van der Waals surface area contributed by atoms with Gasteiger partial charge in [0, 0.05) is 0 Å². The highest BCUT2D eigenvalue weighted by Crippen LogP contribution is 2.43. The third-order valence-electron chi connectivity index (χ3n) is 3.01. The van der Waals surface area contributed by atoms with Crippen LogP contribution in [0, 0.1) is 5.41 Å². The van der Waals surface area contributed by atoms with Gasteiger partial charge in [-0.15, -0.1) is 0 Å². The monoisotopic (exact) mass is 308 g/mol. The predicted molar refractivity (Wildman–Crippen MR) is 66.4 cm³/mol. The van der Waals surface area contributed by atoms with E-state index in [4.69, 9.17) is 0 Å². The summed E-state index contributed by atoms with van der Waals surface area (Å²) in [6.07, 6.45) is 12.0. The van der Waals surface area contributed by atoms with Crippen LogP contribution in [0.15, 0.2) is 9.47 Å². The van der Waals surface area contributed by atoms with Crippen LogP contribution in [0.2, 0.25) is 0 Å². The van der Waals surface area contributed by atoms with Crippen molar-refractivity contribution in [1.82, 2.24) is 0 Å². The molecule has 1 fully saturated rings. The van der Waals surface area contributed by atoms with E-state index in [1.165, 1.54) is 44.9 Å². The van der Waals surface area contributed by atoms with Crippen LogP contribution in [-0.4, -0.2) is 0 Å². The molecule has 0 spiro atoms. The van der Waals surface area contributed by atoms with Gasteiger partial charge in [-0.05, 0) is 56.5 Å². The zero-order valence-corrected chi connectivity index (χ0v) is 11.5. The number of allylic oxidation sites excluding steroid dienone is 1. The molecule has 0 amide bonds. The van der Waals surface area contributed by atoms with E-state index in [0.29, 0.717) is 5.41 Å². The summed E-state index contributed by atoms with van der Waals surface area (Å²) in [5.74, 6) is 0. The lowest BCUT2D eigenvalue weighted by Crippen LogP contribution is -2.21. The van der Waals surface area contributed by atoms with Crippen LogP contribution in [0.25, 0.3) is 0 Å². The molecule has 0 aromatic heterocycles. The second kappa shape index (κ2) is 5.55. The average Bonchev–Trinajstić information content (AvgIpc) is 2.04. The molecule has 0 radical (unpaired) electrons. The van der Waals surface area contributed by atoms with Crippen LogP contribution < -0.4 is 0 Å². The maximum Gasteiger partial charge on any atom is 0.0569 e. The largest absolute Gasteiger partial charge is 0.0654 e. The Morgan fingerprint density at radius 3 is 2.31 bits per heavy atom. The summed E-state index contributed by atoms with van der Waals surface area (Å²) >= 11 is 6.99. The maximum atomic E-state index is 3.49. The van der Waals surface area contributed by atoms with Crippen LogP contribution in [0.5, 0.6) is 0 Å². The first-order valence-electron chi connectivity index (χ1n) is 5.22. The van der Waals surface area contributed by atoms with Crippen LogP contribution in [0.1, 0.15) is 51.9 Å². The predicted octanol–water partition coefficient (Wildman–Crippen LogP) is 5.37. The van der Waals surface area contributed by atoms with Crippen molar-refractivity contribution < 1.29 is 0 Å². The lowest BCUT2D eigenvalue weighted by Gasteiger charge is -2.34. The van der Waals surface area contributed by atoms with E-state index >= 15 is 0 Å². The van der Waals surface area contributed by atoms with Gasteiger partial charge in [0.05, 0.1) is 3.39 Å². The van der Waals surface area contributed by atoms with Crippen molar-refractivity contribution >= 4 is 31.9 Å². The Morgan fingerprint density at radius 1 is 1.23 bits per heavy atom. The van der Waals surface area contributed by atoms with Gasteiger partial charge in [-0.3, -0.25) is 0 Å². The molecule has 76 valence electrons. The lowest BCUT2D eigenvalue weighted by atomic mass is 9.71. The molecule has 0 aromatic rings. The molecule has 13 heavy (non-hydrogen) atoms. The minimum atomic E-state index is 0.495. The van der Waals surface area contributed by atoms with Gasteiger partial charge in [0.1, 0.15) is 0 Å². The molecule has 0 aliphatic heterocycles. The van der Waals surface area contributed by atoms with Crippen molar-refractivity contribution in [1.29, 1.82) is 0 Å². The molecule has 0 bridgehead atoms. The van der Waals surface area contributed by atoms with E-state index in [2.05, 4.69) is 44.9 Å². The van der Waals surface area contributed by atoms with E-state index in [-0.39, 0.29) is 0 Å². The summed E-state index contributed by atoms with van der Waals surface area (Å²) in [5, 5.41) is 0. The summed E-state index contributed by atoms with van der Waals surface area (Å²) in [5.41, 5.74) is 0.495.